The van der Waals surface area contributed by atoms with Crippen LogP contribution >= 0.6 is 0 Å². The minimum Gasteiger partial charge on any atom is -0.497 e. The normalized spacial score (nSPS) is 14.8. The molecule has 13 nitrogen and oxygen atoms in total. The lowest BCUT2D eigenvalue weighted by atomic mass is 9.86. The number of carboxylic acid groups (broad SMARTS) is 1. The largest absolute Gasteiger partial charge is 0.497 e. The van der Waals surface area contributed by atoms with E-state index < -0.39 is 29.3 Å². The fraction of sp³-hybridized carbons (Fsp3) is 0.500. The molecule has 2 atom stereocenters. The summed E-state index contributed by atoms with van der Waals surface area (Å²) < 4.78 is 16.5. The van der Waals surface area contributed by atoms with Crippen LogP contribution in [0.3, 0.4) is 0 Å². The molecule has 0 spiro atoms. The molecular weight excluding hydrogens is 777 g/mol. The third-order valence-electron chi connectivity index (χ3n) is 8.93. The van der Waals surface area contributed by atoms with Crippen molar-refractivity contribution in [3.05, 3.63) is 85.1 Å². The van der Waals surface area contributed by atoms with Gasteiger partial charge < -0.3 is 35.3 Å². The molecule has 1 aromatic carbocycles. The second kappa shape index (κ2) is 32.1. The number of esters is 1. The Bertz CT molecular complexity index is 1760. The van der Waals surface area contributed by atoms with Gasteiger partial charge in [-0.25, -0.2) is 4.98 Å². The van der Waals surface area contributed by atoms with Crippen molar-refractivity contribution in [3.63, 3.8) is 0 Å². The van der Waals surface area contributed by atoms with E-state index in [1.807, 2.05) is 82.4 Å². The van der Waals surface area contributed by atoms with Gasteiger partial charge in [0.25, 0.3) is 0 Å². The monoisotopic (exact) mass is 849 g/mol. The Morgan fingerprint density at radius 3 is 2.07 bits per heavy atom. The van der Waals surface area contributed by atoms with Crippen molar-refractivity contribution in [1.82, 2.24) is 20.9 Å². The Morgan fingerprint density at radius 1 is 0.967 bits per heavy atom. The van der Waals surface area contributed by atoms with Crippen LogP contribution in [0.15, 0.2) is 79.5 Å². The molecule has 2 aliphatic rings. The fourth-order valence-electron chi connectivity index (χ4n) is 5.75. The van der Waals surface area contributed by atoms with E-state index in [9.17, 15) is 24.0 Å². The Morgan fingerprint density at radius 2 is 1.59 bits per heavy atom. The molecule has 2 aliphatic carbocycles. The van der Waals surface area contributed by atoms with Gasteiger partial charge >= 0.3 is 11.9 Å². The van der Waals surface area contributed by atoms with E-state index in [0.717, 1.165) is 35.0 Å². The highest BCUT2D eigenvalue weighted by atomic mass is 16.5. The summed E-state index contributed by atoms with van der Waals surface area (Å²) in [5.74, 6) is -1.08. The lowest BCUT2D eigenvalue weighted by Gasteiger charge is -2.30. The fourth-order valence-corrected chi connectivity index (χ4v) is 5.75. The first-order valence-corrected chi connectivity index (χ1v) is 21.2. The maximum Gasteiger partial charge on any atom is 0.325 e. The van der Waals surface area contributed by atoms with Crippen LogP contribution in [0.2, 0.25) is 0 Å². The maximum absolute atomic E-state index is 13.2. The molecule has 2 unspecified atom stereocenters. The molecule has 1 heterocycles. The van der Waals surface area contributed by atoms with Crippen molar-refractivity contribution < 1.29 is 43.3 Å². The topological polar surface area (TPSA) is 182 Å². The molecule has 0 aliphatic heterocycles. The highest BCUT2D eigenvalue weighted by Gasteiger charge is 2.34. The van der Waals surface area contributed by atoms with Gasteiger partial charge in [0.15, 0.2) is 0 Å². The molecule has 1 aromatic heterocycles. The first kappa shape index (κ1) is 55.3. The van der Waals surface area contributed by atoms with Crippen LogP contribution in [-0.2, 0) is 28.7 Å². The number of ether oxygens (including phenoxy) is 3. The number of hydrogen-bond acceptors (Lipinski definition) is 9. The van der Waals surface area contributed by atoms with Gasteiger partial charge in [-0.15, -0.1) is 6.58 Å². The van der Waals surface area contributed by atoms with E-state index in [-0.39, 0.29) is 25.1 Å². The molecule has 4 rings (SSSR count). The lowest BCUT2D eigenvalue weighted by Crippen LogP contribution is -2.54. The predicted molar refractivity (Wildman–Crippen MR) is 245 cm³/mol. The number of aliphatic carboxylic acids is 1. The SMILES string of the molecule is C1CCCCC1.C=C/C=C\C(=C/CC)c1cc(OC2C=C(C(=O)NC(C(=O)NCC(=O)OC)C(C)(C)C)CC2)c2ccc(OC)cc2n1.C=CCC.CC.O=CNCC(=O)O. The Labute approximate surface area is 364 Å². The van der Waals surface area contributed by atoms with E-state index in [0.29, 0.717) is 36.3 Å². The Hall–Kier alpha value is -5.72. The summed E-state index contributed by atoms with van der Waals surface area (Å²) in [5, 5.41) is 16.0. The van der Waals surface area contributed by atoms with Crippen molar-refractivity contribution in [3.8, 4) is 11.5 Å². The molecular formula is C48H72N4O9. The number of amides is 3. The first-order chi connectivity index (χ1) is 29.2. The van der Waals surface area contributed by atoms with Crippen molar-refractivity contribution >= 4 is 46.6 Å². The third kappa shape index (κ3) is 22.5. The standard InChI is InChI=1S/C33H41N3O6.C6H12.C4H8.C3H5NO3.C2H6/c1-8-10-12-21(11-9-2)26-19-28(25-16-15-23(40-6)18-27(25)35-26)42-24-14-13-22(17-24)31(38)36-30(33(3,4)5)32(39)34-20-29(37)41-7;1-2-4-6-5-3-1;1-3-4-2;5-2-4-1-3(6)7;1-2/h8,10-12,15-19,24,30H,1,9,13-14,20H2,2-7H3,(H,34,39)(H,36,38);1-6H2;3H,1,4H2,2H3;2H,1H2,(H,4,5)(H,6,7);1-2H3/b12-10-,21-11+;;;;. The van der Waals surface area contributed by atoms with Crippen LogP contribution in [0.5, 0.6) is 11.5 Å². The highest BCUT2D eigenvalue weighted by molar-refractivity contribution is 5.98. The van der Waals surface area contributed by atoms with Gasteiger partial charge in [0, 0.05) is 23.1 Å². The first-order valence-electron chi connectivity index (χ1n) is 21.2. The van der Waals surface area contributed by atoms with Crippen molar-refractivity contribution in [1.29, 1.82) is 0 Å². The second-order valence-corrected chi connectivity index (χ2v) is 14.7. The molecule has 2 aromatic rings. The summed E-state index contributed by atoms with van der Waals surface area (Å²) in [6, 6.07) is 6.70. The number of pyridine rings is 1. The van der Waals surface area contributed by atoms with Gasteiger partial charge in [-0.05, 0) is 54.9 Å². The molecule has 1 saturated carbocycles. The average Bonchev–Trinajstić information content (AvgIpc) is 3.74. The quantitative estimate of drug-likeness (QED) is 0.0551. The number of carbonyl (C=O) groups excluding carboxylic acids is 4. The molecule has 0 saturated heterocycles. The molecule has 13 heteroatoms. The summed E-state index contributed by atoms with van der Waals surface area (Å²) in [6.45, 7) is 20.3. The van der Waals surface area contributed by atoms with Crippen LogP contribution in [0.25, 0.3) is 16.5 Å². The van der Waals surface area contributed by atoms with E-state index >= 15 is 0 Å². The van der Waals surface area contributed by atoms with Gasteiger partial charge in [-0.3, -0.25) is 24.0 Å². The summed E-state index contributed by atoms with van der Waals surface area (Å²) in [4.78, 5) is 61.3. The Kier molecular flexibility index (Phi) is 29.1. The zero-order chi connectivity index (χ0) is 46.2. The summed E-state index contributed by atoms with van der Waals surface area (Å²) >= 11 is 0. The predicted octanol–water partition coefficient (Wildman–Crippen LogP) is 8.83. The third-order valence-corrected chi connectivity index (χ3v) is 8.93. The van der Waals surface area contributed by atoms with Gasteiger partial charge in [0.1, 0.15) is 36.7 Å². The summed E-state index contributed by atoms with van der Waals surface area (Å²) in [7, 11) is 2.86. The van der Waals surface area contributed by atoms with E-state index in [1.54, 1.807) is 19.3 Å². The van der Waals surface area contributed by atoms with Gasteiger partial charge in [-0.2, -0.15) is 0 Å². The summed E-state index contributed by atoms with van der Waals surface area (Å²) in [5.41, 5.74) is 2.35. The van der Waals surface area contributed by atoms with Crippen molar-refractivity contribution in [2.75, 3.05) is 27.3 Å². The molecule has 4 N–H and O–H groups in total. The van der Waals surface area contributed by atoms with Crippen LogP contribution in [0.1, 0.15) is 118 Å². The van der Waals surface area contributed by atoms with Crippen molar-refractivity contribution in [2.24, 2.45) is 5.41 Å². The highest BCUT2D eigenvalue weighted by Crippen LogP contribution is 2.34. The van der Waals surface area contributed by atoms with Gasteiger partial charge in [0.2, 0.25) is 18.2 Å². The van der Waals surface area contributed by atoms with Crippen molar-refractivity contribution in [2.45, 2.75) is 125 Å². The molecule has 61 heavy (non-hydrogen) atoms. The Balaban J connectivity index is 0.00000156. The molecule has 0 radical (unpaired) electrons. The van der Waals surface area contributed by atoms with Crippen LogP contribution in [0, 0.1) is 5.41 Å². The number of nitrogens with one attached hydrogen (secondary N) is 3. The van der Waals surface area contributed by atoms with Gasteiger partial charge in [-0.1, -0.05) is 124 Å². The summed E-state index contributed by atoms with van der Waals surface area (Å²) in [6.07, 6.45) is 23.3. The molecule has 0 bridgehead atoms. The number of fused-ring (bicyclic) bond motifs is 1. The number of carbonyl (C=O) groups is 5. The zero-order valence-electron chi connectivity index (χ0n) is 38.1. The van der Waals surface area contributed by atoms with Crippen LogP contribution in [-0.4, -0.2) is 79.7 Å². The maximum atomic E-state index is 13.2. The zero-order valence-corrected chi connectivity index (χ0v) is 38.1. The average molecular weight is 849 g/mol. The van der Waals surface area contributed by atoms with E-state index in [2.05, 4.69) is 48.5 Å². The molecule has 1 fully saturated rings. The number of benzene rings is 1. The minimum atomic E-state index is -1.04. The smallest absolute Gasteiger partial charge is 0.325 e. The molecule has 3 amide bonds. The molecule has 338 valence electrons. The number of hydrogen-bond donors (Lipinski definition) is 4. The minimum absolute atomic E-state index is 0.275. The van der Waals surface area contributed by atoms with Crippen LogP contribution < -0.4 is 25.4 Å². The number of carboxylic acids is 1. The number of aromatic nitrogens is 1. The lowest BCUT2D eigenvalue weighted by molar-refractivity contribution is -0.141. The number of nitrogens with zero attached hydrogens (tertiary/aromatic N) is 1. The van der Waals surface area contributed by atoms with E-state index in [4.69, 9.17) is 19.6 Å². The number of methoxy groups -OCH3 is 2. The van der Waals surface area contributed by atoms with Crippen LogP contribution in [0.4, 0.5) is 0 Å². The number of rotatable bonds is 16. The number of allylic oxidation sites excluding steroid dienone is 6. The van der Waals surface area contributed by atoms with E-state index in [1.165, 1.54) is 45.6 Å². The van der Waals surface area contributed by atoms with Gasteiger partial charge in [0.05, 0.1) is 25.4 Å². The second-order valence-electron chi connectivity index (χ2n) is 14.7.